The van der Waals surface area contributed by atoms with Crippen molar-refractivity contribution in [3.05, 3.63) is 0 Å². The molecular weight excluding hydrogens is 314 g/mol. The summed E-state index contributed by atoms with van der Waals surface area (Å²) in [5.74, 6) is -2.74. The molecule has 0 radical (unpaired) electrons. The van der Waals surface area contributed by atoms with Crippen LogP contribution in [0.4, 0.5) is 0 Å². The molecule has 1 heterocycles. The van der Waals surface area contributed by atoms with Gasteiger partial charge in [0.25, 0.3) is 0 Å². The molecule has 1 aliphatic heterocycles. The molecule has 1 saturated carbocycles. The number of carbonyl (C=O) groups is 3. The molecule has 0 N–H and O–H groups in total. The molecular formula is C13H18NO7S-. The number of nitrogens with zero attached hydrogens (tertiary/aromatic N) is 1. The van der Waals surface area contributed by atoms with Crippen LogP contribution in [-0.2, 0) is 29.2 Å². The molecule has 0 aromatic rings. The highest BCUT2D eigenvalue weighted by molar-refractivity contribution is 7.87. The average Bonchev–Trinajstić information content (AvgIpc) is 2.98. The Bertz CT molecular complexity index is 592. The van der Waals surface area contributed by atoms with Gasteiger partial charge in [-0.25, -0.2) is 8.42 Å². The number of hydrogen-bond acceptors (Lipinski definition) is 7. The normalized spacial score (nSPS) is 24.8. The third-order valence-corrected chi connectivity index (χ3v) is 5.39. The molecule has 0 bridgehead atoms. The van der Waals surface area contributed by atoms with Crippen LogP contribution in [-0.4, -0.2) is 53.0 Å². The van der Waals surface area contributed by atoms with Gasteiger partial charge in [-0.3, -0.25) is 19.3 Å². The maximum Gasteiger partial charge on any atom is 0.326 e. The predicted molar refractivity (Wildman–Crippen MR) is 72.4 cm³/mol. The molecule has 1 atom stereocenters. The number of carbonyl (C=O) groups excluding carboxylic acids is 3. The molecule has 1 unspecified atom stereocenters. The van der Waals surface area contributed by atoms with Crippen LogP contribution in [0.25, 0.3) is 0 Å². The Hall–Kier alpha value is -1.48. The second-order valence-corrected chi connectivity index (χ2v) is 7.28. The monoisotopic (exact) mass is 332 g/mol. The van der Waals surface area contributed by atoms with Crippen molar-refractivity contribution in [1.82, 2.24) is 4.90 Å². The highest BCUT2D eigenvalue weighted by Crippen LogP contribution is 2.36. The van der Waals surface area contributed by atoms with Gasteiger partial charge in [-0.15, -0.1) is 0 Å². The largest absolute Gasteiger partial charge is 0.747 e. The predicted octanol–water partition coefficient (Wildman–Crippen LogP) is -0.0749. The van der Waals surface area contributed by atoms with E-state index in [1.807, 2.05) is 6.92 Å². The Kier molecular flexibility index (Phi) is 4.57. The minimum Gasteiger partial charge on any atom is -0.747 e. The molecule has 124 valence electrons. The van der Waals surface area contributed by atoms with Gasteiger partial charge >= 0.3 is 5.97 Å². The third kappa shape index (κ3) is 3.30. The topological polar surface area (TPSA) is 121 Å². The summed E-state index contributed by atoms with van der Waals surface area (Å²) in [5, 5.41) is -1.93. The first kappa shape index (κ1) is 16.9. The van der Waals surface area contributed by atoms with Gasteiger partial charge in [-0.1, -0.05) is 6.92 Å². The lowest BCUT2D eigenvalue weighted by molar-refractivity contribution is -0.164. The van der Waals surface area contributed by atoms with E-state index in [1.165, 1.54) is 0 Å². The van der Waals surface area contributed by atoms with Gasteiger partial charge in [0.15, 0.2) is 0 Å². The molecule has 0 aromatic heterocycles. The van der Waals surface area contributed by atoms with E-state index < -0.39 is 51.7 Å². The van der Waals surface area contributed by atoms with E-state index >= 15 is 0 Å². The number of ether oxygens (including phenoxy) is 1. The Morgan fingerprint density at radius 2 is 1.95 bits per heavy atom. The van der Waals surface area contributed by atoms with Crippen LogP contribution in [0.1, 0.15) is 45.4 Å². The molecule has 0 aromatic carbocycles. The fourth-order valence-electron chi connectivity index (χ4n) is 2.99. The fourth-order valence-corrected chi connectivity index (χ4v) is 3.72. The van der Waals surface area contributed by atoms with Crippen molar-refractivity contribution in [3.63, 3.8) is 0 Å². The molecule has 2 rings (SSSR count). The van der Waals surface area contributed by atoms with E-state index in [1.54, 1.807) is 0 Å². The van der Waals surface area contributed by atoms with Crippen molar-refractivity contribution < 1.29 is 32.1 Å². The molecule has 1 aliphatic carbocycles. The number of esters is 1. The SMILES string of the molecule is CCC1(OC(=O)CN2C(=O)CC(S(=O)(=O)[O-])C2=O)CCCC1. The standard InChI is InChI=1S/C13H19NO7S/c1-2-13(5-3-4-6-13)21-11(16)8-14-10(15)7-9(12(14)17)22(18,19)20/h9H,2-8H2,1H3,(H,18,19,20)/p-1. The Labute approximate surface area is 128 Å². The number of likely N-dealkylation sites (tertiary alicyclic amines) is 1. The highest BCUT2D eigenvalue weighted by Gasteiger charge is 2.44. The van der Waals surface area contributed by atoms with Crippen LogP contribution in [0.2, 0.25) is 0 Å². The van der Waals surface area contributed by atoms with Crippen molar-refractivity contribution in [2.75, 3.05) is 6.54 Å². The molecule has 2 amide bonds. The van der Waals surface area contributed by atoms with Gasteiger partial charge in [0.05, 0.1) is 6.42 Å². The summed E-state index contributed by atoms with van der Waals surface area (Å²) in [6.07, 6.45) is 3.27. The van der Waals surface area contributed by atoms with E-state index in [0.717, 1.165) is 25.7 Å². The molecule has 2 aliphatic rings. The van der Waals surface area contributed by atoms with Gasteiger partial charge in [0, 0.05) is 0 Å². The van der Waals surface area contributed by atoms with E-state index in [4.69, 9.17) is 4.74 Å². The number of rotatable bonds is 5. The van der Waals surface area contributed by atoms with E-state index in [9.17, 15) is 27.4 Å². The minimum absolute atomic E-state index is 0.501. The van der Waals surface area contributed by atoms with Gasteiger partial charge in [0.2, 0.25) is 11.8 Å². The molecule has 8 nitrogen and oxygen atoms in total. The molecule has 9 heteroatoms. The van der Waals surface area contributed by atoms with Crippen LogP contribution in [0, 0.1) is 0 Å². The van der Waals surface area contributed by atoms with Crippen LogP contribution in [0.15, 0.2) is 0 Å². The van der Waals surface area contributed by atoms with Crippen LogP contribution in [0.3, 0.4) is 0 Å². The van der Waals surface area contributed by atoms with Gasteiger partial charge in [-0.2, -0.15) is 0 Å². The molecule has 0 spiro atoms. The summed E-state index contributed by atoms with van der Waals surface area (Å²) in [6, 6.07) is 0. The summed E-state index contributed by atoms with van der Waals surface area (Å²) in [5.41, 5.74) is -0.563. The maximum atomic E-state index is 12.0. The lowest BCUT2D eigenvalue weighted by Gasteiger charge is -2.28. The first-order valence-electron chi connectivity index (χ1n) is 7.19. The summed E-state index contributed by atoms with van der Waals surface area (Å²) in [4.78, 5) is 35.9. The zero-order chi connectivity index (χ0) is 16.5. The van der Waals surface area contributed by atoms with E-state index in [0.29, 0.717) is 11.3 Å². The Morgan fingerprint density at radius 1 is 1.36 bits per heavy atom. The molecule has 2 fully saturated rings. The third-order valence-electron chi connectivity index (χ3n) is 4.33. The summed E-state index contributed by atoms with van der Waals surface area (Å²) in [6.45, 7) is 1.25. The summed E-state index contributed by atoms with van der Waals surface area (Å²) >= 11 is 0. The Morgan fingerprint density at radius 3 is 2.41 bits per heavy atom. The van der Waals surface area contributed by atoms with E-state index in [2.05, 4.69) is 0 Å². The molecule has 22 heavy (non-hydrogen) atoms. The van der Waals surface area contributed by atoms with Crippen molar-refractivity contribution >= 4 is 27.9 Å². The lowest BCUT2D eigenvalue weighted by Crippen LogP contribution is -2.41. The average molecular weight is 332 g/mol. The lowest BCUT2D eigenvalue weighted by atomic mass is 9.99. The Balaban J connectivity index is 2.03. The van der Waals surface area contributed by atoms with E-state index in [-0.39, 0.29) is 0 Å². The fraction of sp³-hybridized carbons (Fsp3) is 0.769. The highest BCUT2D eigenvalue weighted by atomic mass is 32.2. The first-order valence-corrected chi connectivity index (χ1v) is 8.66. The van der Waals surface area contributed by atoms with Crippen molar-refractivity contribution in [3.8, 4) is 0 Å². The zero-order valence-corrected chi connectivity index (χ0v) is 13.1. The second-order valence-electron chi connectivity index (χ2n) is 5.72. The zero-order valence-electron chi connectivity index (χ0n) is 12.2. The second kappa shape index (κ2) is 5.96. The van der Waals surface area contributed by atoms with Crippen molar-refractivity contribution in [2.24, 2.45) is 0 Å². The summed E-state index contributed by atoms with van der Waals surface area (Å²) < 4.78 is 38.2. The quantitative estimate of drug-likeness (QED) is 0.392. The van der Waals surface area contributed by atoms with Crippen LogP contribution >= 0.6 is 0 Å². The smallest absolute Gasteiger partial charge is 0.326 e. The van der Waals surface area contributed by atoms with Crippen LogP contribution in [0.5, 0.6) is 0 Å². The van der Waals surface area contributed by atoms with Crippen LogP contribution < -0.4 is 0 Å². The maximum absolute atomic E-state index is 12.0. The molecule has 1 saturated heterocycles. The first-order chi connectivity index (χ1) is 10.2. The minimum atomic E-state index is -4.91. The van der Waals surface area contributed by atoms with Gasteiger partial charge in [-0.05, 0) is 32.1 Å². The van der Waals surface area contributed by atoms with Crippen molar-refractivity contribution in [1.29, 1.82) is 0 Å². The number of hydrogen-bond donors (Lipinski definition) is 0. The number of amides is 2. The van der Waals surface area contributed by atoms with Gasteiger partial charge < -0.3 is 9.29 Å². The van der Waals surface area contributed by atoms with Crippen molar-refractivity contribution in [2.45, 2.75) is 56.3 Å². The number of imide groups is 1. The summed E-state index contributed by atoms with van der Waals surface area (Å²) in [7, 11) is -4.91. The van der Waals surface area contributed by atoms with Gasteiger partial charge in [0.1, 0.15) is 27.5 Å².